The van der Waals surface area contributed by atoms with E-state index in [0.717, 1.165) is 10.9 Å². The van der Waals surface area contributed by atoms with Crippen LogP contribution in [0, 0.1) is 0 Å². The first kappa shape index (κ1) is 13.9. The van der Waals surface area contributed by atoms with Gasteiger partial charge in [0.25, 0.3) is 0 Å². The fourth-order valence-electron chi connectivity index (χ4n) is 2.07. The Morgan fingerprint density at radius 1 is 1.05 bits per heavy atom. The smallest absolute Gasteiger partial charge is 0.374 e. The number of carbonyl (C=O) groups excluding carboxylic acids is 2. The average Bonchev–Trinajstić information content (AvgIpc) is 2.97. The lowest BCUT2D eigenvalue weighted by molar-refractivity contribution is 0.0438. The van der Waals surface area contributed by atoms with Gasteiger partial charge in [-0.05, 0) is 29.8 Å². The van der Waals surface area contributed by atoms with Crippen LogP contribution >= 0.6 is 0 Å². The van der Waals surface area contributed by atoms with E-state index in [2.05, 4.69) is 0 Å². The van der Waals surface area contributed by atoms with Crippen LogP contribution in [0.1, 0.15) is 26.5 Å². The molecule has 0 saturated heterocycles. The van der Waals surface area contributed by atoms with Crippen LogP contribution in [0.25, 0.3) is 11.0 Å². The molecular formula is C17H13NO4. The Labute approximate surface area is 126 Å². The van der Waals surface area contributed by atoms with Gasteiger partial charge < -0.3 is 14.9 Å². The number of hydrogen-bond donors (Lipinski definition) is 1. The van der Waals surface area contributed by atoms with Gasteiger partial charge in [-0.15, -0.1) is 0 Å². The number of carbonyl (C=O) groups is 2. The number of nitrogens with two attached hydrogens (primary N) is 1. The summed E-state index contributed by atoms with van der Waals surface area (Å²) in [7, 11) is 0. The first-order valence-electron chi connectivity index (χ1n) is 6.68. The average molecular weight is 295 g/mol. The molecule has 1 aromatic heterocycles. The van der Waals surface area contributed by atoms with E-state index >= 15 is 0 Å². The van der Waals surface area contributed by atoms with Crippen molar-refractivity contribution in [2.75, 3.05) is 0 Å². The number of hydrogen-bond acceptors (Lipinski definition) is 4. The molecule has 22 heavy (non-hydrogen) atoms. The molecule has 3 rings (SSSR count). The van der Waals surface area contributed by atoms with Gasteiger partial charge in [0.15, 0.2) is 0 Å². The van der Waals surface area contributed by atoms with Crippen LogP contribution in [0.15, 0.2) is 59.0 Å². The van der Waals surface area contributed by atoms with E-state index in [9.17, 15) is 9.59 Å². The summed E-state index contributed by atoms with van der Waals surface area (Å²) in [5.74, 6) is -0.865. The molecule has 1 heterocycles. The van der Waals surface area contributed by atoms with Crippen molar-refractivity contribution < 1.29 is 18.7 Å². The Morgan fingerprint density at radius 3 is 2.45 bits per heavy atom. The zero-order chi connectivity index (χ0) is 15.5. The zero-order valence-electron chi connectivity index (χ0n) is 11.6. The van der Waals surface area contributed by atoms with E-state index in [1.54, 1.807) is 36.4 Å². The van der Waals surface area contributed by atoms with Gasteiger partial charge in [0.1, 0.15) is 12.2 Å². The van der Waals surface area contributed by atoms with Gasteiger partial charge in [-0.1, -0.05) is 30.3 Å². The van der Waals surface area contributed by atoms with Gasteiger partial charge in [-0.25, -0.2) is 4.79 Å². The number of benzene rings is 2. The van der Waals surface area contributed by atoms with Crippen LogP contribution in [0.3, 0.4) is 0 Å². The molecule has 3 aromatic rings. The number of furan rings is 1. The summed E-state index contributed by atoms with van der Waals surface area (Å²) in [5, 5.41) is 0.847. The molecule has 0 saturated carbocycles. The third kappa shape index (κ3) is 2.83. The number of esters is 1. The van der Waals surface area contributed by atoms with Crippen LogP contribution in [-0.2, 0) is 11.3 Å². The van der Waals surface area contributed by atoms with Gasteiger partial charge in [-0.3, -0.25) is 4.79 Å². The van der Waals surface area contributed by atoms with Gasteiger partial charge >= 0.3 is 5.97 Å². The second kappa shape index (κ2) is 5.73. The van der Waals surface area contributed by atoms with Gasteiger partial charge in [0.05, 0.1) is 0 Å². The van der Waals surface area contributed by atoms with Crippen molar-refractivity contribution >= 4 is 22.8 Å². The lowest BCUT2D eigenvalue weighted by Crippen LogP contribution is -2.10. The van der Waals surface area contributed by atoms with E-state index in [1.165, 1.54) is 0 Å². The first-order valence-corrected chi connectivity index (χ1v) is 6.68. The lowest BCUT2D eigenvalue weighted by Gasteiger charge is -2.03. The van der Waals surface area contributed by atoms with Crippen molar-refractivity contribution in [1.82, 2.24) is 0 Å². The molecule has 0 bridgehead atoms. The van der Waals surface area contributed by atoms with Crippen LogP contribution in [-0.4, -0.2) is 11.9 Å². The van der Waals surface area contributed by atoms with Crippen molar-refractivity contribution in [3.63, 3.8) is 0 Å². The maximum atomic E-state index is 12.0. The normalized spacial score (nSPS) is 10.5. The Kier molecular flexibility index (Phi) is 3.62. The van der Waals surface area contributed by atoms with Gasteiger partial charge in [-0.2, -0.15) is 0 Å². The Bertz CT molecular complexity index is 800. The molecule has 0 aliphatic rings. The maximum absolute atomic E-state index is 12.0. The van der Waals surface area contributed by atoms with Crippen molar-refractivity contribution in [2.24, 2.45) is 5.73 Å². The minimum absolute atomic E-state index is 0.0922. The fourth-order valence-corrected chi connectivity index (χ4v) is 2.07. The molecule has 2 N–H and O–H groups in total. The highest BCUT2D eigenvalue weighted by molar-refractivity contribution is 5.93. The van der Waals surface area contributed by atoms with E-state index in [4.69, 9.17) is 14.9 Å². The molecule has 1 amide bonds. The molecule has 5 heteroatoms. The number of ether oxygens (including phenoxy) is 1. The third-order valence-electron chi connectivity index (χ3n) is 3.24. The van der Waals surface area contributed by atoms with Crippen LogP contribution in [0.5, 0.6) is 0 Å². The summed E-state index contributed by atoms with van der Waals surface area (Å²) in [5.41, 5.74) is 6.97. The van der Waals surface area contributed by atoms with Crippen LogP contribution in [0.4, 0.5) is 0 Å². The monoisotopic (exact) mass is 295 g/mol. The second-order valence-corrected chi connectivity index (χ2v) is 4.79. The van der Waals surface area contributed by atoms with E-state index in [0.29, 0.717) is 11.1 Å². The Morgan fingerprint density at radius 2 is 1.77 bits per heavy atom. The number of para-hydroxylation sites is 1. The summed E-state index contributed by atoms with van der Waals surface area (Å²) in [6, 6.07) is 15.5. The minimum Gasteiger partial charge on any atom is -0.455 e. The summed E-state index contributed by atoms with van der Waals surface area (Å²) in [4.78, 5) is 22.9. The highest BCUT2D eigenvalue weighted by Gasteiger charge is 2.13. The standard InChI is InChI=1S/C17H13NO4/c18-16(19)12-7-5-11(6-8-12)10-21-17(20)15-9-13-3-1-2-4-14(13)22-15/h1-9H,10H2,(H2,18,19). The molecule has 0 radical (unpaired) electrons. The summed E-state index contributed by atoms with van der Waals surface area (Å²) < 4.78 is 10.6. The number of fused-ring (bicyclic) bond motifs is 1. The summed E-state index contributed by atoms with van der Waals surface area (Å²) in [6.07, 6.45) is 0. The highest BCUT2D eigenvalue weighted by atomic mass is 16.5. The van der Waals surface area contributed by atoms with E-state index < -0.39 is 11.9 Å². The molecule has 0 aliphatic heterocycles. The molecule has 5 nitrogen and oxygen atoms in total. The molecule has 0 spiro atoms. The van der Waals surface area contributed by atoms with Crippen molar-refractivity contribution in [3.8, 4) is 0 Å². The lowest BCUT2D eigenvalue weighted by atomic mass is 10.1. The maximum Gasteiger partial charge on any atom is 0.374 e. The predicted molar refractivity (Wildman–Crippen MR) is 80.3 cm³/mol. The summed E-state index contributed by atoms with van der Waals surface area (Å²) >= 11 is 0. The minimum atomic E-state index is -0.532. The summed E-state index contributed by atoms with van der Waals surface area (Å²) in [6.45, 7) is 0.0922. The van der Waals surface area contributed by atoms with Crippen molar-refractivity contribution in [2.45, 2.75) is 6.61 Å². The quantitative estimate of drug-likeness (QED) is 0.750. The third-order valence-corrected chi connectivity index (χ3v) is 3.24. The highest BCUT2D eigenvalue weighted by Crippen LogP contribution is 2.19. The molecule has 0 atom stereocenters. The largest absolute Gasteiger partial charge is 0.455 e. The molecule has 2 aromatic carbocycles. The topological polar surface area (TPSA) is 82.5 Å². The molecular weight excluding hydrogens is 282 g/mol. The Balaban J connectivity index is 1.67. The molecule has 0 fully saturated rings. The van der Waals surface area contributed by atoms with Crippen molar-refractivity contribution in [1.29, 1.82) is 0 Å². The van der Waals surface area contributed by atoms with Crippen LogP contribution in [0.2, 0.25) is 0 Å². The predicted octanol–water partition coefficient (Wildman–Crippen LogP) is 2.89. The molecule has 0 unspecified atom stereocenters. The van der Waals surface area contributed by atoms with Gasteiger partial charge in [0.2, 0.25) is 11.7 Å². The van der Waals surface area contributed by atoms with Gasteiger partial charge in [0, 0.05) is 10.9 Å². The molecule has 110 valence electrons. The zero-order valence-corrected chi connectivity index (χ0v) is 11.6. The molecule has 0 aliphatic carbocycles. The Hall–Kier alpha value is -3.08. The number of primary amides is 1. The van der Waals surface area contributed by atoms with Crippen molar-refractivity contribution in [3.05, 3.63) is 71.5 Å². The number of rotatable bonds is 4. The fraction of sp³-hybridized carbons (Fsp3) is 0.0588. The second-order valence-electron chi connectivity index (χ2n) is 4.79. The SMILES string of the molecule is NC(=O)c1ccc(COC(=O)c2cc3ccccc3o2)cc1. The van der Waals surface area contributed by atoms with E-state index in [1.807, 2.05) is 18.2 Å². The van der Waals surface area contributed by atoms with Crippen LogP contribution < -0.4 is 5.73 Å². The number of amides is 1. The first-order chi connectivity index (χ1) is 10.6. The van der Waals surface area contributed by atoms with E-state index in [-0.39, 0.29) is 12.4 Å².